The molecule has 1 unspecified atom stereocenters. The molecule has 1 aliphatic rings. The molecule has 4 rings (SSSR count). The lowest BCUT2D eigenvalue weighted by molar-refractivity contribution is -0.116. The molecule has 1 fully saturated rings. The van der Waals surface area contributed by atoms with Gasteiger partial charge in [-0.1, -0.05) is 30.4 Å². The van der Waals surface area contributed by atoms with E-state index in [0.717, 1.165) is 30.2 Å². The summed E-state index contributed by atoms with van der Waals surface area (Å²) in [5.74, 6) is 0.360. The van der Waals surface area contributed by atoms with Crippen LogP contribution >= 0.6 is 11.3 Å². The maximum absolute atomic E-state index is 12.8. The van der Waals surface area contributed by atoms with Crippen LogP contribution in [0.4, 0.5) is 10.8 Å². The Morgan fingerprint density at radius 1 is 1.39 bits per heavy atom. The number of hydrogen-bond donors (Lipinski definition) is 1. The highest BCUT2D eigenvalue weighted by atomic mass is 32.1. The fraction of sp³-hybridized carbons (Fsp3) is 0.400. The lowest BCUT2D eigenvalue weighted by Gasteiger charge is -2.30. The lowest BCUT2D eigenvalue weighted by Crippen LogP contribution is -2.34. The maximum atomic E-state index is 12.8. The van der Waals surface area contributed by atoms with Crippen LogP contribution in [-0.4, -0.2) is 33.5 Å². The summed E-state index contributed by atoms with van der Waals surface area (Å²) >= 11 is 1.37. The van der Waals surface area contributed by atoms with E-state index in [1.807, 2.05) is 31.2 Å². The molecule has 28 heavy (non-hydrogen) atoms. The molecule has 7 nitrogen and oxygen atoms in total. The molecule has 0 spiro atoms. The van der Waals surface area contributed by atoms with Crippen molar-refractivity contribution in [2.75, 3.05) is 23.3 Å². The molecule has 1 amide bonds. The molecule has 146 valence electrons. The standard InChI is InChI=1S/C20H23N5O2S/c1-13-5-3-7-15(9-13)22-16(26)11-25-12-21-18-17(19(25)27)28-20(23-18)24-8-4-6-14(2)10-24/h3,5,7,9,12,14H,4,6,8,10-11H2,1-2H3,(H,22,26). The minimum Gasteiger partial charge on any atom is -0.348 e. The first kappa shape index (κ1) is 18.6. The largest absolute Gasteiger partial charge is 0.348 e. The van der Waals surface area contributed by atoms with E-state index in [4.69, 9.17) is 0 Å². The zero-order valence-corrected chi connectivity index (χ0v) is 16.8. The number of hydrogen-bond acceptors (Lipinski definition) is 6. The molecule has 1 atom stereocenters. The third-order valence-electron chi connectivity index (χ3n) is 4.92. The summed E-state index contributed by atoms with van der Waals surface area (Å²) in [6, 6.07) is 7.55. The Morgan fingerprint density at radius 2 is 2.25 bits per heavy atom. The van der Waals surface area contributed by atoms with Gasteiger partial charge in [0.25, 0.3) is 5.56 Å². The second kappa shape index (κ2) is 7.71. The number of rotatable bonds is 4. The van der Waals surface area contributed by atoms with E-state index in [1.54, 1.807) is 0 Å². The van der Waals surface area contributed by atoms with Crippen molar-refractivity contribution < 1.29 is 4.79 Å². The number of piperidine rings is 1. The van der Waals surface area contributed by atoms with E-state index >= 15 is 0 Å². The van der Waals surface area contributed by atoms with Crippen molar-refractivity contribution in [2.45, 2.75) is 33.2 Å². The zero-order valence-electron chi connectivity index (χ0n) is 16.0. The van der Waals surface area contributed by atoms with Gasteiger partial charge in [0.2, 0.25) is 5.91 Å². The number of nitrogens with zero attached hydrogens (tertiary/aromatic N) is 4. The molecule has 1 aliphatic heterocycles. The van der Waals surface area contributed by atoms with Crippen molar-refractivity contribution in [3.05, 3.63) is 46.5 Å². The van der Waals surface area contributed by atoms with Gasteiger partial charge < -0.3 is 10.2 Å². The molecule has 8 heteroatoms. The van der Waals surface area contributed by atoms with Crippen molar-refractivity contribution in [1.82, 2.24) is 14.5 Å². The lowest BCUT2D eigenvalue weighted by atomic mass is 10.0. The molecule has 2 aromatic heterocycles. The quantitative estimate of drug-likeness (QED) is 0.732. The van der Waals surface area contributed by atoms with Gasteiger partial charge in [0.15, 0.2) is 10.8 Å². The molecule has 1 aromatic carbocycles. The first-order valence-corrected chi connectivity index (χ1v) is 10.3. The molecule has 0 radical (unpaired) electrons. The Morgan fingerprint density at radius 3 is 3.04 bits per heavy atom. The van der Waals surface area contributed by atoms with Crippen molar-refractivity contribution in [3.8, 4) is 0 Å². The van der Waals surface area contributed by atoms with Crippen molar-refractivity contribution in [2.24, 2.45) is 5.92 Å². The highest BCUT2D eigenvalue weighted by molar-refractivity contribution is 7.22. The van der Waals surface area contributed by atoms with E-state index in [2.05, 4.69) is 27.1 Å². The minimum atomic E-state index is -0.261. The van der Waals surface area contributed by atoms with Crippen LogP contribution in [0.1, 0.15) is 25.3 Å². The SMILES string of the molecule is Cc1cccc(NC(=O)Cn2cnc3nc(N4CCCC(C)C4)sc3c2=O)c1. The fourth-order valence-corrected chi connectivity index (χ4v) is 4.53. The molecule has 1 saturated heterocycles. The van der Waals surface area contributed by atoms with Crippen LogP contribution in [-0.2, 0) is 11.3 Å². The normalized spacial score (nSPS) is 17.1. The van der Waals surface area contributed by atoms with Gasteiger partial charge in [-0.3, -0.25) is 14.2 Å². The van der Waals surface area contributed by atoms with E-state index in [-0.39, 0.29) is 18.0 Å². The Kier molecular flexibility index (Phi) is 5.13. The third kappa shape index (κ3) is 3.91. The highest BCUT2D eigenvalue weighted by Gasteiger charge is 2.21. The number of benzene rings is 1. The monoisotopic (exact) mass is 397 g/mol. The second-order valence-electron chi connectivity index (χ2n) is 7.44. The van der Waals surface area contributed by atoms with E-state index < -0.39 is 0 Å². The predicted octanol–water partition coefficient (Wildman–Crippen LogP) is 3.04. The number of nitrogens with one attached hydrogen (secondary N) is 1. The Hall–Kier alpha value is -2.74. The number of carbonyl (C=O) groups excluding carboxylic acids is 1. The summed E-state index contributed by atoms with van der Waals surface area (Å²) in [6.07, 6.45) is 3.76. The molecule has 3 aromatic rings. The van der Waals surface area contributed by atoms with Crippen molar-refractivity contribution >= 4 is 38.4 Å². The Balaban J connectivity index is 1.54. The highest BCUT2D eigenvalue weighted by Crippen LogP contribution is 2.29. The van der Waals surface area contributed by atoms with Gasteiger partial charge >= 0.3 is 0 Å². The number of fused-ring (bicyclic) bond motifs is 1. The number of anilines is 2. The number of amides is 1. The van der Waals surface area contributed by atoms with E-state index in [9.17, 15) is 9.59 Å². The van der Waals surface area contributed by atoms with Gasteiger partial charge in [-0.2, -0.15) is 4.98 Å². The molecular weight excluding hydrogens is 374 g/mol. The number of aryl methyl sites for hydroxylation is 1. The van der Waals surface area contributed by atoms with Crippen molar-refractivity contribution in [1.29, 1.82) is 0 Å². The molecule has 0 saturated carbocycles. The van der Waals surface area contributed by atoms with Gasteiger partial charge in [-0.25, -0.2) is 4.98 Å². The van der Waals surface area contributed by atoms with Crippen LogP contribution in [0.15, 0.2) is 35.4 Å². The number of thiazole rings is 1. The van der Waals surface area contributed by atoms with Gasteiger partial charge in [0.05, 0.1) is 0 Å². The smallest absolute Gasteiger partial charge is 0.273 e. The van der Waals surface area contributed by atoms with Crippen molar-refractivity contribution in [3.63, 3.8) is 0 Å². The van der Waals surface area contributed by atoms with Crippen LogP contribution in [0.2, 0.25) is 0 Å². The summed E-state index contributed by atoms with van der Waals surface area (Å²) in [6.45, 7) is 6.02. The Labute approximate surface area is 167 Å². The average molecular weight is 398 g/mol. The van der Waals surface area contributed by atoms with E-state index in [1.165, 1.54) is 28.7 Å². The minimum absolute atomic E-state index is 0.0797. The first-order valence-electron chi connectivity index (χ1n) is 9.47. The van der Waals surface area contributed by atoms with Gasteiger partial charge in [0.1, 0.15) is 17.6 Å². The third-order valence-corrected chi connectivity index (χ3v) is 6.01. The van der Waals surface area contributed by atoms with E-state index in [0.29, 0.717) is 22.0 Å². The maximum Gasteiger partial charge on any atom is 0.273 e. The average Bonchev–Trinajstić information content (AvgIpc) is 3.09. The van der Waals surface area contributed by atoms with Gasteiger partial charge in [-0.05, 0) is 43.4 Å². The fourth-order valence-electron chi connectivity index (χ4n) is 3.52. The summed E-state index contributed by atoms with van der Waals surface area (Å²) in [5, 5.41) is 3.66. The number of carbonyl (C=O) groups is 1. The summed E-state index contributed by atoms with van der Waals surface area (Å²) in [7, 11) is 0. The summed E-state index contributed by atoms with van der Waals surface area (Å²) in [5.41, 5.74) is 2.01. The molecular formula is C20H23N5O2S. The van der Waals surface area contributed by atoms with Crippen LogP contribution in [0, 0.1) is 12.8 Å². The molecule has 3 heterocycles. The second-order valence-corrected chi connectivity index (χ2v) is 8.42. The Bertz CT molecular complexity index is 1070. The van der Waals surface area contributed by atoms with Crippen LogP contribution in [0.25, 0.3) is 10.3 Å². The van der Waals surface area contributed by atoms with Crippen LogP contribution < -0.4 is 15.8 Å². The van der Waals surface area contributed by atoms with Crippen LogP contribution in [0.5, 0.6) is 0 Å². The summed E-state index contributed by atoms with van der Waals surface area (Å²) < 4.78 is 1.84. The topological polar surface area (TPSA) is 80.1 Å². The molecule has 1 N–H and O–H groups in total. The molecule has 0 aliphatic carbocycles. The summed E-state index contributed by atoms with van der Waals surface area (Å²) in [4.78, 5) is 36.3. The number of aromatic nitrogens is 3. The first-order chi connectivity index (χ1) is 13.5. The molecule has 0 bridgehead atoms. The zero-order chi connectivity index (χ0) is 19.7. The predicted molar refractivity (Wildman–Crippen MR) is 112 cm³/mol. The van der Waals surface area contributed by atoms with Crippen LogP contribution in [0.3, 0.4) is 0 Å². The van der Waals surface area contributed by atoms with Gasteiger partial charge in [-0.15, -0.1) is 0 Å². The van der Waals surface area contributed by atoms with Gasteiger partial charge in [0, 0.05) is 18.8 Å².